The maximum Gasteiger partial charge on any atom is 0.410 e. The Labute approximate surface area is 129 Å². The number of hydrogen-bond donors (Lipinski definition) is 1. The molecule has 1 rings (SSSR count). The van der Waals surface area contributed by atoms with Crippen molar-refractivity contribution < 1.29 is 9.53 Å². The van der Waals surface area contributed by atoms with Crippen molar-refractivity contribution >= 4 is 6.09 Å². The van der Waals surface area contributed by atoms with Gasteiger partial charge in [-0.1, -0.05) is 6.08 Å². The summed E-state index contributed by atoms with van der Waals surface area (Å²) < 4.78 is 5.49. The minimum Gasteiger partial charge on any atom is -0.444 e. The molecular weight excluding hydrogens is 264 g/mol. The van der Waals surface area contributed by atoms with Gasteiger partial charge in [0.15, 0.2) is 0 Å². The molecule has 1 aliphatic heterocycles. The van der Waals surface area contributed by atoms with Crippen LogP contribution in [0.5, 0.6) is 0 Å². The first-order valence-electron chi connectivity index (χ1n) is 8.17. The van der Waals surface area contributed by atoms with Crippen molar-refractivity contribution in [1.29, 1.82) is 0 Å². The van der Waals surface area contributed by atoms with Gasteiger partial charge in [0.1, 0.15) is 5.60 Å². The minimum absolute atomic E-state index is 0.162. The molecule has 1 aliphatic rings. The Morgan fingerprint density at radius 1 is 1.52 bits per heavy atom. The van der Waals surface area contributed by atoms with Crippen LogP contribution >= 0.6 is 0 Å². The van der Waals surface area contributed by atoms with Crippen LogP contribution < -0.4 is 5.32 Å². The Morgan fingerprint density at radius 3 is 2.86 bits per heavy atom. The summed E-state index contributed by atoms with van der Waals surface area (Å²) in [5.41, 5.74) is -0.415. The number of ether oxygens (including phenoxy) is 1. The molecule has 4 nitrogen and oxygen atoms in total. The second kappa shape index (κ2) is 8.42. The van der Waals surface area contributed by atoms with Crippen LogP contribution in [0.15, 0.2) is 12.7 Å². The normalized spacial score (nSPS) is 20.4. The molecule has 1 amide bonds. The van der Waals surface area contributed by atoms with Crippen molar-refractivity contribution in [2.45, 2.75) is 77.5 Å². The molecule has 2 unspecified atom stereocenters. The SMILES string of the molecule is C=CCCC(C)NCCC1CCCN1C(=O)OC(C)(C)C. The molecule has 4 heteroatoms. The first-order valence-corrected chi connectivity index (χ1v) is 8.17. The summed E-state index contributed by atoms with van der Waals surface area (Å²) in [6.45, 7) is 13.5. The van der Waals surface area contributed by atoms with E-state index >= 15 is 0 Å². The predicted octanol–water partition coefficient (Wildman–Crippen LogP) is 3.72. The highest BCUT2D eigenvalue weighted by Gasteiger charge is 2.31. The number of carbonyl (C=O) groups is 1. The highest BCUT2D eigenvalue weighted by Crippen LogP contribution is 2.22. The number of amides is 1. The van der Waals surface area contributed by atoms with Crippen molar-refractivity contribution in [3.8, 4) is 0 Å². The van der Waals surface area contributed by atoms with Crippen LogP contribution in [-0.2, 0) is 4.74 Å². The maximum absolute atomic E-state index is 12.2. The first kappa shape index (κ1) is 18.0. The predicted molar refractivity (Wildman–Crippen MR) is 87.5 cm³/mol. The number of nitrogens with one attached hydrogen (secondary N) is 1. The lowest BCUT2D eigenvalue weighted by atomic mass is 10.1. The fourth-order valence-corrected chi connectivity index (χ4v) is 2.66. The molecule has 0 aliphatic carbocycles. The highest BCUT2D eigenvalue weighted by atomic mass is 16.6. The molecule has 0 aromatic rings. The van der Waals surface area contributed by atoms with Gasteiger partial charge in [0.25, 0.3) is 0 Å². The first-order chi connectivity index (χ1) is 9.83. The summed E-state index contributed by atoms with van der Waals surface area (Å²) in [6, 6.07) is 0.818. The Bertz CT molecular complexity index is 336. The lowest BCUT2D eigenvalue weighted by molar-refractivity contribution is 0.0220. The van der Waals surface area contributed by atoms with Gasteiger partial charge in [0.05, 0.1) is 0 Å². The quantitative estimate of drug-likeness (QED) is 0.728. The van der Waals surface area contributed by atoms with Gasteiger partial charge in [0, 0.05) is 18.6 Å². The molecule has 122 valence electrons. The fourth-order valence-electron chi connectivity index (χ4n) is 2.66. The molecule has 1 fully saturated rings. The molecule has 0 bridgehead atoms. The molecule has 0 saturated carbocycles. The zero-order valence-corrected chi connectivity index (χ0v) is 14.2. The molecule has 0 spiro atoms. The molecular formula is C17H32N2O2. The van der Waals surface area contributed by atoms with E-state index in [0.717, 1.165) is 45.2 Å². The van der Waals surface area contributed by atoms with Gasteiger partial charge in [-0.15, -0.1) is 6.58 Å². The summed E-state index contributed by atoms with van der Waals surface area (Å²) in [7, 11) is 0. The number of likely N-dealkylation sites (tertiary alicyclic amines) is 1. The van der Waals surface area contributed by atoms with E-state index in [1.54, 1.807) is 0 Å². The molecule has 1 saturated heterocycles. The average molecular weight is 296 g/mol. The summed E-state index contributed by atoms with van der Waals surface area (Å²) in [4.78, 5) is 14.1. The van der Waals surface area contributed by atoms with Crippen LogP contribution in [0.4, 0.5) is 4.79 Å². The van der Waals surface area contributed by atoms with Gasteiger partial charge >= 0.3 is 6.09 Å². The molecule has 0 aromatic heterocycles. The van der Waals surface area contributed by atoms with E-state index in [1.165, 1.54) is 0 Å². The largest absolute Gasteiger partial charge is 0.444 e. The summed E-state index contributed by atoms with van der Waals surface area (Å²) in [5.74, 6) is 0. The van der Waals surface area contributed by atoms with E-state index in [2.05, 4.69) is 18.8 Å². The van der Waals surface area contributed by atoms with Crippen molar-refractivity contribution in [1.82, 2.24) is 10.2 Å². The smallest absolute Gasteiger partial charge is 0.410 e. The zero-order chi connectivity index (χ0) is 15.9. The Kier molecular flexibility index (Phi) is 7.23. The van der Waals surface area contributed by atoms with E-state index in [-0.39, 0.29) is 6.09 Å². The highest BCUT2D eigenvalue weighted by molar-refractivity contribution is 5.68. The second-order valence-corrected chi connectivity index (χ2v) is 6.98. The third-order valence-electron chi connectivity index (χ3n) is 3.78. The van der Waals surface area contributed by atoms with Crippen LogP contribution in [0.25, 0.3) is 0 Å². The number of hydrogen-bond acceptors (Lipinski definition) is 3. The van der Waals surface area contributed by atoms with E-state index in [4.69, 9.17) is 4.74 Å². The molecule has 2 atom stereocenters. The van der Waals surface area contributed by atoms with Gasteiger partial charge in [0.2, 0.25) is 0 Å². The second-order valence-electron chi connectivity index (χ2n) is 6.98. The number of allylic oxidation sites excluding steroid dienone is 1. The van der Waals surface area contributed by atoms with Gasteiger partial charge in [-0.2, -0.15) is 0 Å². The number of rotatable bonds is 7. The van der Waals surface area contributed by atoms with Crippen LogP contribution in [0, 0.1) is 0 Å². The van der Waals surface area contributed by atoms with E-state index in [9.17, 15) is 4.79 Å². The van der Waals surface area contributed by atoms with Gasteiger partial charge < -0.3 is 15.0 Å². The van der Waals surface area contributed by atoms with Crippen molar-refractivity contribution in [2.24, 2.45) is 0 Å². The molecule has 21 heavy (non-hydrogen) atoms. The average Bonchev–Trinajstić information content (AvgIpc) is 2.82. The Hall–Kier alpha value is -1.03. The van der Waals surface area contributed by atoms with Gasteiger partial charge in [-0.25, -0.2) is 4.79 Å². The van der Waals surface area contributed by atoms with Crippen molar-refractivity contribution in [2.75, 3.05) is 13.1 Å². The topological polar surface area (TPSA) is 41.6 Å². The monoisotopic (exact) mass is 296 g/mol. The standard InChI is InChI=1S/C17H32N2O2/c1-6-7-9-14(2)18-12-11-15-10-8-13-19(15)16(20)21-17(3,4)5/h6,14-15,18H,1,7-13H2,2-5H3. The van der Waals surface area contributed by atoms with E-state index < -0.39 is 5.60 Å². The van der Waals surface area contributed by atoms with E-state index in [0.29, 0.717) is 12.1 Å². The lowest BCUT2D eigenvalue weighted by Gasteiger charge is -2.29. The van der Waals surface area contributed by atoms with Crippen molar-refractivity contribution in [3.05, 3.63) is 12.7 Å². The third-order valence-corrected chi connectivity index (χ3v) is 3.78. The number of nitrogens with zero attached hydrogens (tertiary/aromatic N) is 1. The summed E-state index contributed by atoms with van der Waals surface area (Å²) >= 11 is 0. The third kappa shape index (κ3) is 6.98. The minimum atomic E-state index is -0.415. The Morgan fingerprint density at radius 2 is 2.24 bits per heavy atom. The van der Waals surface area contributed by atoms with Crippen molar-refractivity contribution in [3.63, 3.8) is 0 Å². The fraction of sp³-hybridized carbons (Fsp3) is 0.824. The lowest BCUT2D eigenvalue weighted by Crippen LogP contribution is -2.41. The van der Waals surface area contributed by atoms with Crippen LogP contribution in [0.1, 0.15) is 59.8 Å². The maximum atomic E-state index is 12.2. The number of carbonyl (C=O) groups excluding carboxylic acids is 1. The van der Waals surface area contributed by atoms with Gasteiger partial charge in [-0.3, -0.25) is 0 Å². The molecule has 1 heterocycles. The van der Waals surface area contributed by atoms with Crippen LogP contribution in [0.2, 0.25) is 0 Å². The molecule has 0 aromatic carbocycles. The Balaban J connectivity index is 2.33. The molecule has 1 N–H and O–H groups in total. The van der Waals surface area contributed by atoms with E-state index in [1.807, 2.05) is 31.7 Å². The van der Waals surface area contributed by atoms with Crippen LogP contribution in [-0.4, -0.2) is 41.8 Å². The summed E-state index contributed by atoms with van der Waals surface area (Å²) in [5, 5.41) is 3.53. The molecule has 0 radical (unpaired) electrons. The van der Waals surface area contributed by atoms with Gasteiger partial charge in [-0.05, 0) is 66.3 Å². The summed E-state index contributed by atoms with van der Waals surface area (Å²) in [6.07, 6.45) is 7.12. The zero-order valence-electron chi connectivity index (χ0n) is 14.2. The van der Waals surface area contributed by atoms with Crippen LogP contribution in [0.3, 0.4) is 0 Å².